The maximum atomic E-state index is 14.0. The number of carbonyl (C=O) groups excluding carboxylic acids is 1. The molecule has 122 valence electrons. The van der Waals surface area contributed by atoms with Crippen LogP contribution in [0.15, 0.2) is 35.4 Å². The van der Waals surface area contributed by atoms with Crippen molar-refractivity contribution in [1.82, 2.24) is 4.98 Å². The Balaban J connectivity index is 1.92. The molecule has 24 heavy (non-hydrogen) atoms. The molecule has 1 aliphatic rings. The molecule has 0 aliphatic carbocycles. The Morgan fingerprint density at radius 1 is 1.25 bits per heavy atom. The molecule has 0 radical (unpaired) electrons. The molecule has 0 atom stereocenters. The van der Waals surface area contributed by atoms with Crippen LogP contribution in [0.1, 0.15) is 16.2 Å². The van der Waals surface area contributed by atoms with E-state index < -0.39 is 29.3 Å². The van der Waals surface area contributed by atoms with Crippen molar-refractivity contribution < 1.29 is 27.0 Å². The Kier molecular flexibility index (Phi) is 3.63. The van der Waals surface area contributed by atoms with Crippen molar-refractivity contribution >= 4 is 24.5 Å². The zero-order valence-electron chi connectivity index (χ0n) is 11.9. The molecule has 3 rings (SSSR count). The van der Waals surface area contributed by atoms with E-state index in [2.05, 4.69) is 22.1 Å². The van der Waals surface area contributed by atoms with Crippen LogP contribution in [0.25, 0.3) is 6.20 Å². The molecule has 0 unspecified atom stereocenters. The number of rotatable bonds is 2. The summed E-state index contributed by atoms with van der Waals surface area (Å²) >= 11 is 0. The van der Waals surface area contributed by atoms with E-state index >= 15 is 0 Å². The number of aromatic nitrogens is 1. The Labute approximate surface area is 132 Å². The van der Waals surface area contributed by atoms with E-state index in [-0.39, 0.29) is 5.69 Å². The summed E-state index contributed by atoms with van der Waals surface area (Å²) in [6, 6.07) is 5.30. The summed E-state index contributed by atoms with van der Waals surface area (Å²) in [5, 5.41) is 6.96. The summed E-state index contributed by atoms with van der Waals surface area (Å²) in [7, 11) is 0. The summed E-state index contributed by atoms with van der Waals surface area (Å²) in [4.78, 5) is 15.3. The summed E-state index contributed by atoms with van der Waals surface area (Å²) in [5.74, 6) is -1.73. The third kappa shape index (κ3) is 3.00. The van der Waals surface area contributed by atoms with Gasteiger partial charge >= 0.3 is 6.18 Å². The SMILES string of the molecule is C=[N+]1C=c2cc(NC(=O)c3cccc(C(F)(F)F)n3)c(F)cc2=N1. The predicted molar refractivity (Wildman–Crippen MR) is 76.2 cm³/mol. The van der Waals surface area contributed by atoms with Crippen molar-refractivity contribution in [2.45, 2.75) is 6.18 Å². The van der Waals surface area contributed by atoms with E-state index in [0.29, 0.717) is 10.6 Å². The van der Waals surface area contributed by atoms with Gasteiger partial charge in [0.05, 0.1) is 10.9 Å². The number of anilines is 1. The van der Waals surface area contributed by atoms with E-state index in [1.165, 1.54) is 17.0 Å². The lowest BCUT2D eigenvalue weighted by atomic mass is 10.2. The van der Waals surface area contributed by atoms with Gasteiger partial charge in [-0.15, -0.1) is 0 Å². The highest BCUT2D eigenvalue weighted by Gasteiger charge is 2.33. The average molecular weight is 337 g/mol. The second kappa shape index (κ2) is 5.52. The summed E-state index contributed by atoms with van der Waals surface area (Å²) in [6.07, 6.45) is -3.17. The molecule has 1 aromatic carbocycles. The number of nitrogens with zero attached hydrogens (tertiary/aromatic N) is 3. The highest BCUT2D eigenvalue weighted by molar-refractivity contribution is 6.02. The number of hydrogen-bond donors (Lipinski definition) is 1. The van der Waals surface area contributed by atoms with Gasteiger partial charge in [-0.2, -0.15) is 13.2 Å². The first-order chi connectivity index (χ1) is 11.2. The Hall–Kier alpha value is -3.10. The highest BCUT2D eigenvalue weighted by Crippen LogP contribution is 2.27. The number of hydrogen-bond acceptors (Lipinski definition) is 3. The average Bonchev–Trinajstić information content (AvgIpc) is 2.86. The lowest BCUT2D eigenvalue weighted by molar-refractivity contribution is -0.417. The molecule has 0 spiro atoms. The molecule has 9 heteroatoms. The molecule has 2 aromatic rings. The number of fused-ring (bicyclic) bond motifs is 1. The summed E-state index contributed by atoms with van der Waals surface area (Å²) in [5.41, 5.74) is -1.87. The van der Waals surface area contributed by atoms with Crippen LogP contribution in [0, 0.1) is 5.82 Å². The molecule has 5 nitrogen and oxygen atoms in total. The van der Waals surface area contributed by atoms with Crippen molar-refractivity contribution in [2.75, 3.05) is 5.32 Å². The van der Waals surface area contributed by atoms with Gasteiger partial charge in [-0.3, -0.25) is 4.79 Å². The first-order valence-corrected chi connectivity index (χ1v) is 6.59. The minimum Gasteiger partial charge on any atom is -0.318 e. The van der Waals surface area contributed by atoms with Crippen LogP contribution < -0.4 is 15.9 Å². The molecule has 1 N–H and O–H groups in total. The molecule has 0 bridgehead atoms. The smallest absolute Gasteiger partial charge is 0.318 e. The van der Waals surface area contributed by atoms with Gasteiger partial charge in [0, 0.05) is 11.2 Å². The van der Waals surface area contributed by atoms with Gasteiger partial charge in [0.1, 0.15) is 22.6 Å². The topological polar surface area (TPSA) is 57.4 Å². The van der Waals surface area contributed by atoms with Crippen LogP contribution in [0.5, 0.6) is 0 Å². The third-order valence-corrected chi connectivity index (χ3v) is 3.16. The van der Waals surface area contributed by atoms with E-state index in [1.54, 1.807) is 0 Å². The quantitative estimate of drug-likeness (QED) is 0.667. The van der Waals surface area contributed by atoms with Gasteiger partial charge in [-0.25, -0.2) is 9.37 Å². The first kappa shape index (κ1) is 15.8. The molecule has 2 heterocycles. The fourth-order valence-corrected chi connectivity index (χ4v) is 2.10. The first-order valence-electron chi connectivity index (χ1n) is 6.59. The van der Waals surface area contributed by atoms with Crippen LogP contribution >= 0.6 is 0 Å². The Bertz CT molecular complexity index is 982. The fraction of sp³-hybridized carbons (Fsp3) is 0.0667. The maximum Gasteiger partial charge on any atom is 0.433 e. The minimum atomic E-state index is -4.68. The third-order valence-electron chi connectivity index (χ3n) is 3.16. The van der Waals surface area contributed by atoms with Crippen LogP contribution in [0.4, 0.5) is 23.2 Å². The lowest BCUT2D eigenvalue weighted by Crippen LogP contribution is -2.25. The molecule has 0 fully saturated rings. The number of benzene rings is 1. The summed E-state index contributed by atoms with van der Waals surface area (Å²) in [6.45, 7) is 3.54. The molecular formula is C15H9F4N4O+. The number of halogens is 4. The van der Waals surface area contributed by atoms with Crippen molar-refractivity contribution in [1.29, 1.82) is 0 Å². The number of alkyl halides is 3. The molecule has 1 aliphatic heterocycles. The van der Waals surface area contributed by atoms with E-state index in [9.17, 15) is 22.4 Å². The molecular weight excluding hydrogens is 328 g/mol. The van der Waals surface area contributed by atoms with Gasteiger partial charge in [0.2, 0.25) is 6.20 Å². The highest BCUT2D eigenvalue weighted by atomic mass is 19.4. The van der Waals surface area contributed by atoms with Crippen LogP contribution in [0.2, 0.25) is 0 Å². The van der Waals surface area contributed by atoms with E-state index in [4.69, 9.17) is 0 Å². The van der Waals surface area contributed by atoms with E-state index in [0.717, 1.165) is 24.3 Å². The number of pyridine rings is 1. The predicted octanol–water partition coefficient (Wildman–Crippen LogP) is 1.49. The lowest BCUT2D eigenvalue weighted by Gasteiger charge is -2.08. The number of carbonyl (C=O) groups is 1. The summed E-state index contributed by atoms with van der Waals surface area (Å²) < 4.78 is 53.1. The normalized spacial score (nSPS) is 13.1. The van der Waals surface area contributed by atoms with Crippen molar-refractivity contribution in [3.63, 3.8) is 0 Å². The van der Waals surface area contributed by atoms with Crippen LogP contribution in [-0.4, -0.2) is 22.3 Å². The van der Waals surface area contributed by atoms with Gasteiger partial charge in [0.15, 0.2) is 6.72 Å². The number of amides is 1. The second-order valence-corrected chi connectivity index (χ2v) is 4.92. The molecule has 0 saturated heterocycles. The Morgan fingerprint density at radius 3 is 2.71 bits per heavy atom. The van der Waals surface area contributed by atoms with Crippen molar-refractivity contribution in [2.24, 2.45) is 5.10 Å². The van der Waals surface area contributed by atoms with Crippen molar-refractivity contribution in [3.05, 3.63) is 58.1 Å². The minimum absolute atomic E-state index is 0.195. The second-order valence-electron chi connectivity index (χ2n) is 4.92. The maximum absolute atomic E-state index is 14.0. The van der Waals surface area contributed by atoms with Crippen LogP contribution in [0.3, 0.4) is 0 Å². The van der Waals surface area contributed by atoms with Gasteiger partial charge in [-0.05, 0) is 18.2 Å². The molecule has 1 aromatic heterocycles. The van der Waals surface area contributed by atoms with Crippen molar-refractivity contribution in [3.8, 4) is 0 Å². The molecule has 1 amide bonds. The number of nitrogens with one attached hydrogen (secondary N) is 1. The van der Waals surface area contributed by atoms with Gasteiger partial charge in [0.25, 0.3) is 5.91 Å². The zero-order valence-corrected chi connectivity index (χ0v) is 11.9. The van der Waals surface area contributed by atoms with Gasteiger partial charge < -0.3 is 5.32 Å². The Morgan fingerprint density at radius 2 is 2.00 bits per heavy atom. The molecule has 0 saturated carbocycles. The van der Waals surface area contributed by atoms with E-state index in [1.807, 2.05) is 0 Å². The van der Waals surface area contributed by atoms with Crippen LogP contribution in [-0.2, 0) is 6.18 Å². The largest absolute Gasteiger partial charge is 0.433 e. The van der Waals surface area contributed by atoms with Gasteiger partial charge in [-0.1, -0.05) is 10.8 Å². The standard InChI is InChI=1S/C15H8F4N4O/c1-23-7-8-5-12(9(16)6-11(8)22-23)21-14(24)10-3-2-4-13(20-10)15(17,18)19/h2-7H,1H2/p+1. The fourth-order valence-electron chi connectivity index (χ4n) is 2.10. The zero-order chi connectivity index (χ0) is 17.5. The monoisotopic (exact) mass is 337 g/mol.